The number of hydrogen-bond acceptors (Lipinski definition) is 3. The van der Waals surface area contributed by atoms with Crippen molar-refractivity contribution in [1.29, 1.82) is 0 Å². The fourth-order valence-electron chi connectivity index (χ4n) is 2.09. The highest BCUT2D eigenvalue weighted by Gasteiger charge is 2.03. The minimum atomic E-state index is -0.346. The van der Waals surface area contributed by atoms with E-state index in [4.69, 9.17) is 0 Å². The van der Waals surface area contributed by atoms with Crippen LogP contribution in [0.2, 0.25) is 0 Å². The van der Waals surface area contributed by atoms with Crippen molar-refractivity contribution in [3.05, 3.63) is 41.7 Å². The molecule has 0 atom stereocenters. The van der Waals surface area contributed by atoms with E-state index in [9.17, 15) is 5.11 Å². The molecule has 19 heavy (non-hydrogen) atoms. The zero-order valence-electron chi connectivity index (χ0n) is 11.0. The van der Waals surface area contributed by atoms with Crippen molar-refractivity contribution in [3.63, 3.8) is 0 Å². The topological polar surface area (TPSA) is 63.5 Å². The molecule has 1 aromatic carbocycles. The van der Waals surface area contributed by atoms with Crippen LogP contribution in [0.15, 0.2) is 30.3 Å². The smallest absolute Gasteiger partial charge is 0.180 e. The third kappa shape index (κ3) is 4.44. The van der Waals surface area contributed by atoms with Gasteiger partial charge < -0.3 is 0 Å². The van der Waals surface area contributed by atoms with Gasteiger partial charge in [0.15, 0.2) is 5.82 Å². The molecule has 0 N–H and O–H groups in total. The molecule has 0 saturated heterocycles. The Hall–Kier alpha value is -1.75. The Labute approximate surface area is 113 Å². The second-order valence-corrected chi connectivity index (χ2v) is 4.61. The normalized spacial score (nSPS) is 10.8. The number of hydrogen-bond donors (Lipinski definition) is 0. The van der Waals surface area contributed by atoms with Gasteiger partial charge in [-0.1, -0.05) is 43.2 Å². The predicted octanol–water partition coefficient (Wildman–Crippen LogP) is 2.41. The molecule has 2 rings (SSSR count). The first-order valence-corrected chi connectivity index (χ1v) is 6.77. The molecule has 0 spiro atoms. The van der Waals surface area contributed by atoms with Gasteiger partial charge in [0.1, 0.15) is 6.61 Å². The summed E-state index contributed by atoms with van der Waals surface area (Å²) in [5.41, 5.74) is 1.40. The Kier molecular flexibility index (Phi) is 5.49. The summed E-state index contributed by atoms with van der Waals surface area (Å²) in [5, 5.41) is 21.7. The van der Waals surface area contributed by atoms with Gasteiger partial charge in [-0.3, -0.25) is 0 Å². The number of rotatable bonds is 8. The Morgan fingerprint density at radius 2 is 1.79 bits per heavy atom. The van der Waals surface area contributed by atoms with Gasteiger partial charge >= 0.3 is 0 Å². The maximum Gasteiger partial charge on any atom is 0.180 e. The average Bonchev–Trinajstić information content (AvgIpc) is 2.91. The summed E-state index contributed by atoms with van der Waals surface area (Å²) < 4.78 is 1.62. The fourth-order valence-corrected chi connectivity index (χ4v) is 2.09. The zero-order chi connectivity index (χ0) is 13.3. The molecular formula is C14H19N4O. The van der Waals surface area contributed by atoms with Crippen molar-refractivity contribution in [2.45, 2.75) is 45.3 Å². The Morgan fingerprint density at radius 3 is 2.58 bits per heavy atom. The SMILES string of the molecule is [O]Cc1nnnn1CCCCCCc1ccccc1. The first kappa shape index (κ1) is 13.7. The van der Waals surface area contributed by atoms with Crippen molar-refractivity contribution in [3.8, 4) is 0 Å². The summed E-state index contributed by atoms with van der Waals surface area (Å²) >= 11 is 0. The molecular weight excluding hydrogens is 240 g/mol. The lowest BCUT2D eigenvalue weighted by Gasteiger charge is -2.03. The molecule has 0 bridgehead atoms. The molecule has 1 radical (unpaired) electrons. The van der Waals surface area contributed by atoms with Crippen molar-refractivity contribution < 1.29 is 5.11 Å². The number of benzene rings is 1. The van der Waals surface area contributed by atoms with Gasteiger partial charge in [0.2, 0.25) is 0 Å². The number of nitrogens with zero attached hydrogens (tertiary/aromatic N) is 4. The Bertz CT molecular complexity index is 469. The highest BCUT2D eigenvalue weighted by molar-refractivity contribution is 5.14. The summed E-state index contributed by atoms with van der Waals surface area (Å²) in [4.78, 5) is 0. The van der Waals surface area contributed by atoms with Crippen LogP contribution in [-0.4, -0.2) is 20.2 Å². The summed E-state index contributed by atoms with van der Waals surface area (Å²) in [5.74, 6) is 0.435. The van der Waals surface area contributed by atoms with Gasteiger partial charge in [0.25, 0.3) is 0 Å². The van der Waals surface area contributed by atoms with E-state index in [1.807, 2.05) is 6.07 Å². The minimum Gasteiger partial charge on any atom is -0.228 e. The molecule has 0 amide bonds. The maximum absolute atomic E-state index is 10.7. The van der Waals surface area contributed by atoms with Crippen molar-refractivity contribution in [1.82, 2.24) is 20.2 Å². The molecule has 1 aromatic heterocycles. The lowest BCUT2D eigenvalue weighted by molar-refractivity contribution is 0.164. The van der Waals surface area contributed by atoms with Gasteiger partial charge in [0.05, 0.1) is 0 Å². The molecule has 0 saturated carbocycles. The van der Waals surface area contributed by atoms with Gasteiger partial charge in [-0.15, -0.1) is 5.10 Å². The number of tetrazole rings is 1. The quantitative estimate of drug-likeness (QED) is 0.684. The predicted molar refractivity (Wildman–Crippen MR) is 70.8 cm³/mol. The van der Waals surface area contributed by atoms with Crippen LogP contribution in [0.3, 0.4) is 0 Å². The molecule has 0 fully saturated rings. The van der Waals surface area contributed by atoms with Crippen molar-refractivity contribution in [2.24, 2.45) is 0 Å². The van der Waals surface area contributed by atoms with E-state index in [1.165, 1.54) is 18.4 Å². The lowest BCUT2D eigenvalue weighted by Crippen LogP contribution is -2.05. The Balaban J connectivity index is 1.58. The van der Waals surface area contributed by atoms with E-state index in [-0.39, 0.29) is 6.61 Å². The van der Waals surface area contributed by atoms with Crippen LogP contribution in [-0.2, 0) is 24.7 Å². The second-order valence-electron chi connectivity index (χ2n) is 4.61. The largest absolute Gasteiger partial charge is 0.228 e. The van der Waals surface area contributed by atoms with Crippen molar-refractivity contribution >= 4 is 0 Å². The summed E-state index contributed by atoms with van der Waals surface area (Å²) in [6.07, 6.45) is 5.70. The van der Waals surface area contributed by atoms with Gasteiger partial charge in [0, 0.05) is 6.54 Å². The van der Waals surface area contributed by atoms with Crippen molar-refractivity contribution in [2.75, 3.05) is 0 Å². The molecule has 5 heteroatoms. The average molecular weight is 259 g/mol. The van der Waals surface area contributed by atoms with Crippen LogP contribution in [0.1, 0.15) is 37.1 Å². The zero-order valence-corrected chi connectivity index (χ0v) is 11.0. The van der Waals surface area contributed by atoms with Crippen LogP contribution in [0.5, 0.6) is 0 Å². The monoisotopic (exact) mass is 259 g/mol. The summed E-state index contributed by atoms with van der Waals surface area (Å²) in [7, 11) is 0. The van der Waals surface area contributed by atoms with E-state index in [1.54, 1.807) is 4.68 Å². The minimum absolute atomic E-state index is 0.346. The third-order valence-electron chi connectivity index (χ3n) is 3.16. The second kappa shape index (κ2) is 7.63. The van der Waals surface area contributed by atoms with E-state index < -0.39 is 0 Å². The standard InChI is InChI=1S/C14H19N4O/c19-12-14-15-16-17-18(14)11-7-2-1-4-8-13-9-5-3-6-10-13/h3,5-6,9-10H,1-2,4,7-8,11-12H2. The summed E-state index contributed by atoms with van der Waals surface area (Å²) in [6.45, 7) is 0.400. The van der Waals surface area contributed by atoms with E-state index in [0.29, 0.717) is 5.82 Å². The molecule has 0 aliphatic carbocycles. The third-order valence-corrected chi connectivity index (χ3v) is 3.16. The first-order chi connectivity index (χ1) is 9.40. The Morgan fingerprint density at radius 1 is 1.00 bits per heavy atom. The molecule has 0 aliphatic heterocycles. The van der Waals surface area contributed by atoms with Crippen LogP contribution in [0.25, 0.3) is 0 Å². The first-order valence-electron chi connectivity index (χ1n) is 6.77. The van der Waals surface area contributed by atoms with Gasteiger partial charge in [-0.05, 0) is 35.3 Å². The molecule has 5 nitrogen and oxygen atoms in total. The molecule has 1 heterocycles. The number of aryl methyl sites for hydroxylation is 2. The highest BCUT2D eigenvalue weighted by Crippen LogP contribution is 2.08. The number of aromatic nitrogens is 4. The molecule has 0 unspecified atom stereocenters. The molecule has 101 valence electrons. The highest BCUT2D eigenvalue weighted by atomic mass is 16.3. The van der Waals surface area contributed by atoms with E-state index in [0.717, 1.165) is 25.8 Å². The maximum atomic E-state index is 10.7. The van der Waals surface area contributed by atoms with E-state index in [2.05, 4.69) is 39.8 Å². The van der Waals surface area contributed by atoms with Crippen LogP contribution in [0, 0.1) is 0 Å². The lowest BCUT2D eigenvalue weighted by atomic mass is 10.1. The molecule has 2 aromatic rings. The van der Waals surface area contributed by atoms with Gasteiger partial charge in [-0.2, -0.15) is 0 Å². The van der Waals surface area contributed by atoms with Gasteiger partial charge in [-0.25, -0.2) is 9.79 Å². The number of unbranched alkanes of at least 4 members (excludes halogenated alkanes) is 3. The van der Waals surface area contributed by atoms with Crippen LogP contribution >= 0.6 is 0 Å². The molecule has 0 aliphatic rings. The summed E-state index contributed by atoms with van der Waals surface area (Å²) in [6, 6.07) is 10.5. The van der Waals surface area contributed by atoms with Crippen LogP contribution in [0.4, 0.5) is 0 Å². The fraction of sp³-hybridized carbons (Fsp3) is 0.500. The van der Waals surface area contributed by atoms with Crippen LogP contribution < -0.4 is 0 Å². The van der Waals surface area contributed by atoms with E-state index >= 15 is 0 Å².